The van der Waals surface area contributed by atoms with Crippen molar-refractivity contribution in [1.29, 1.82) is 0 Å². The molecule has 0 atom stereocenters. The quantitative estimate of drug-likeness (QED) is 0.891. The second-order valence-electron chi connectivity index (χ2n) is 4.01. The average Bonchev–Trinajstić information content (AvgIpc) is 2.84. The topological polar surface area (TPSA) is 66.4 Å². The maximum atomic E-state index is 12.1. The minimum absolute atomic E-state index is 0.0930. The number of para-hydroxylation sites is 1. The van der Waals surface area contributed by atoms with E-state index in [0.29, 0.717) is 0 Å². The minimum atomic E-state index is -3.69. The van der Waals surface area contributed by atoms with Gasteiger partial charge in [-0.15, -0.1) is 11.3 Å². The summed E-state index contributed by atoms with van der Waals surface area (Å²) in [4.78, 5) is 0.908. The predicted molar refractivity (Wildman–Crippen MR) is 75.8 cm³/mol. The molecule has 4 nitrogen and oxygen atoms in total. The van der Waals surface area contributed by atoms with Crippen molar-refractivity contribution in [3.63, 3.8) is 0 Å². The zero-order chi connectivity index (χ0) is 13.9. The van der Waals surface area contributed by atoms with Gasteiger partial charge in [-0.25, -0.2) is 13.1 Å². The molecule has 0 bridgehead atoms. The predicted octanol–water partition coefficient (Wildman–Crippen LogP) is 2.49. The number of thiophene rings is 1. The molecule has 1 aromatic heterocycles. The summed E-state index contributed by atoms with van der Waals surface area (Å²) < 4.78 is 26.7. The Morgan fingerprint density at radius 1 is 1.26 bits per heavy atom. The van der Waals surface area contributed by atoms with Crippen molar-refractivity contribution in [2.75, 3.05) is 0 Å². The van der Waals surface area contributed by atoms with Crippen molar-refractivity contribution in [2.24, 2.45) is 0 Å². The van der Waals surface area contributed by atoms with E-state index in [0.717, 1.165) is 16.9 Å². The van der Waals surface area contributed by atoms with Gasteiger partial charge in [0.2, 0.25) is 10.0 Å². The summed E-state index contributed by atoms with van der Waals surface area (Å²) >= 11 is 1.52. The van der Waals surface area contributed by atoms with Crippen LogP contribution >= 0.6 is 11.3 Å². The maximum Gasteiger partial charge on any atom is 0.244 e. The molecule has 0 fully saturated rings. The molecule has 0 radical (unpaired) electrons. The third kappa shape index (κ3) is 3.15. The van der Waals surface area contributed by atoms with E-state index in [1.165, 1.54) is 23.5 Å². The second kappa shape index (κ2) is 5.73. The minimum Gasteiger partial charge on any atom is -0.507 e. The maximum absolute atomic E-state index is 12.1. The van der Waals surface area contributed by atoms with Crippen LogP contribution in [-0.2, 0) is 23.0 Å². The first-order valence-electron chi connectivity index (χ1n) is 5.87. The number of hydrogen-bond donors (Lipinski definition) is 2. The largest absolute Gasteiger partial charge is 0.507 e. The highest BCUT2D eigenvalue weighted by Gasteiger charge is 2.18. The highest BCUT2D eigenvalue weighted by atomic mass is 32.2. The molecule has 0 spiro atoms. The Kier molecular flexibility index (Phi) is 4.24. The van der Waals surface area contributed by atoms with Gasteiger partial charge < -0.3 is 5.11 Å². The molecule has 6 heteroatoms. The number of aromatic hydroxyl groups is 1. The van der Waals surface area contributed by atoms with Crippen LogP contribution in [0.4, 0.5) is 0 Å². The first kappa shape index (κ1) is 14.0. The molecule has 0 unspecified atom stereocenters. The molecule has 0 saturated heterocycles. The zero-order valence-corrected chi connectivity index (χ0v) is 12.1. The van der Waals surface area contributed by atoms with Gasteiger partial charge in [0.05, 0.1) is 0 Å². The summed E-state index contributed by atoms with van der Waals surface area (Å²) in [5.74, 6) is -0.239. The highest BCUT2D eigenvalue weighted by molar-refractivity contribution is 7.89. The van der Waals surface area contributed by atoms with Gasteiger partial charge in [-0.3, -0.25) is 0 Å². The molecular weight excluding hydrogens is 282 g/mol. The molecule has 0 aliphatic carbocycles. The summed E-state index contributed by atoms with van der Waals surface area (Å²) in [6.07, 6.45) is 0.872. The van der Waals surface area contributed by atoms with Crippen LogP contribution in [0.3, 0.4) is 0 Å². The zero-order valence-electron chi connectivity index (χ0n) is 10.5. The SMILES string of the molecule is CCc1ccsc1CNS(=O)(=O)c1ccccc1O. The normalized spacial score (nSPS) is 11.6. The third-order valence-electron chi connectivity index (χ3n) is 2.80. The number of rotatable bonds is 5. The van der Waals surface area contributed by atoms with E-state index in [1.807, 2.05) is 18.4 Å². The van der Waals surface area contributed by atoms with E-state index in [9.17, 15) is 13.5 Å². The lowest BCUT2D eigenvalue weighted by Gasteiger charge is -2.08. The van der Waals surface area contributed by atoms with Gasteiger partial charge in [0.15, 0.2) is 0 Å². The van der Waals surface area contributed by atoms with Crippen LogP contribution in [0.2, 0.25) is 0 Å². The summed E-state index contributed by atoms with van der Waals surface area (Å²) in [5, 5.41) is 11.5. The summed E-state index contributed by atoms with van der Waals surface area (Å²) in [7, 11) is -3.69. The number of aryl methyl sites for hydroxylation is 1. The number of phenolic OH excluding ortho intramolecular Hbond substituents is 1. The molecule has 0 saturated carbocycles. The van der Waals surface area contributed by atoms with Gasteiger partial charge in [0, 0.05) is 11.4 Å². The van der Waals surface area contributed by atoms with Crippen molar-refractivity contribution in [3.8, 4) is 5.75 Å². The fourth-order valence-electron chi connectivity index (χ4n) is 1.76. The molecule has 0 aliphatic heterocycles. The van der Waals surface area contributed by atoms with E-state index in [1.54, 1.807) is 12.1 Å². The van der Waals surface area contributed by atoms with E-state index in [2.05, 4.69) is 4.72 Å². The molecule has 102 valence electrons. The first-order chi connectivity index (χ1) is 9.04. The number of phenols is 1. The molecule has 0 aliphatic rings. The lowest BCUT2D eigenvalue weighted by atomic mass is 10.2. The van der Waals surface area contributed by atoms with Crippen molar-refractivity contribution in [3.05, 3.63) is 46.2 Å². The van der Waals surface area contributed by atoms with E-state index >= 15 is 0 Å². The Morgan fingerprint density at radius 3 is 2.68 bits per heavy atom. The fourth-order valence-corrected chi connectivity index (χ4v) is 3.86. The van der Waals surface area contributed by atoms with Gasteiger partial charge in [0.1, 0.15) is 10.6 Å². The van der Waals surface area contributed by atoms with Crippen molar-refractivity contribution in [2.45, 2.75) is 24.8 Å². The van der Waals surface area contributed by atoms with Crippen molar-refractivity contribution >= 4 is 21.4 Å². The summed E-state index contributed by atoms with van der Waals surface area (Å²) in [6, 6.07) is 7.90. The Morgan fingerprint density at radius 2 is 2.00 bits per heavy atom. The molecule has 0 amide bonds. The van der Waals surface area contributed by atoms with E-state index in [4.69, 9.17) is 0 Å². The lowest BCUT2D eigenvalue weighted by molar-refractivity contribution is 0.458. The molecule has 2 aromatic rings. The summed E-state index contributed by atoms with van der Waals surface area (Å²) in [6.45, 7) is 2.28. The Labute approximate surface area is 116 Å². The summed E-state index contributed by atoms with van der Waals surface area (Å²) in [5.41, 5.74) is 1.14. The van der Waals surface area contributed by atoms with Gasteiger partial charge in [0.25, 0.3) is 0 Å². The molecule has 19 heavy (non-hydrogen) atoms. The van der Waals surface area contributed by atoms with Gasteiger partial charge >= 0.3 is 0 Å². The van der Waals surface area contributed by atoms with Gasteiger partial charge in [-0.2, -0.15) is 0 Å². The third-order valence-corrected chi connectivity index (χ3v) is 5.21. The van der Waals surface area contributed by atoms with Crippen LogP contribution in [0.5, 0.6) is 5.75 Å². The smallest absolute Gasteiger partial charge is 0.244 e. The van der Waals surface area contributed by atoms with E-state index in [-0.39, 0.29) is 17.2 Å². The monoisotopic (exact) mass is 297 g/mol. The number of nitrogens with one attached hydrogen (secondary N) is 1. The molecule has 2 rings (SSSR count). The molecule has 2 N–H and O–H groups in total. The molecule has 1 aromatic carbocycles. The van der Waals surface area contributed by atoms with Crippen LogP contribution in [0.1, 0.15) is 17.4 Å². The highest BCUT2D eigenvalue weighted by Crippen LogP contribution is 2.22. The van der Waals surface area contributed by atoms with Crippen LogP contribution in [0.25, 0.3) is 0 Å². The van der Waals surface area contributed by atoms with Crippen LogP contribution < -0.4 is 4.72 Å². The Bertz CT molecular complexity index is 662. The molecular formula is C13H15NO3S2. The van der Waals surface area contributed by atoms with Crippen LogP contribution in [-0.4, -0.2) is 13.5 Å². The van der Waals surface area contributed by atoms with Crippen LogP contribution in [0.15, 0.2) is 40.6 Å². The molecule has 1 heterocycles. The van der Waals surface area contributed by atoms with Crippen molar-refractivity contribution in [1.82, 2.24) is 4.72 Å². The van der Waals surface area contributed by atoms with Crippen molar-refractivity contribution < 1.29 is 13.5 Å². The standard InChI is InChI=1S/C13H15NO3S2/c1-2-10-7-8-18-12(10)9-14-19(16,17)13-6-4-3-5-11(13)15/h3-8,14-15H,2,9H2,1H3. The number of hydrogen-bond acceptors (Lipinski definition) is 4. The van der Waals surface area contributed by atoms with Gasteiger partial charge in [-0.1, -0.05) is 19.1 Å². The van der Waals surface area contributed by atoms with Crippen LogP contribution in [0, 0.1) is 0 Å². The number of sulfonamides is 1. The Hall–Kier alpha value is -1.37. The first-order valence-corrected chi connectivity index (χ1v) is 8.23. The Balaban J connectivity index is 2.17. The fraction of sp³-hybridized carbons (Fsp3) is 0.231. The van der Waals surface area contributed by atoms with E-state index < -0.39 is 10.0 Å². The lowest BCUT2D eigenvalue weighted by Crippen LogP contribution is -2.23. The van der Waals surface area contributed by atoms with Gasteiger partial charge in [-0.05, 0) is 35.6 Å². The number of benzene rings is 1. The second-order valence-corrected chi connectivity index (χ2v) is 6.75. The average molecular weight is 297 g/mol.